The van der Waals surface area contributed by atoms with Crippen molar-refractivity contribution in [3.8, 4) is 17.5 Å². The number of nitriles is 1. The second-order valence-corrected chi connectivity index (χ2v) is 5.37. The molecule has 0 aliphatic heterocycles. The first kappa shape index (κ1) is 15.4. The number of rotatable bonds is 3. The Kier molecular flexibility index (Phi) is 4.08. The van der Waals surface area contributed by atoms with E-state index in [1.54, 1.807) is 24.3 Å². The number of hydrogen-bond acceptors (Lipinski definition) is 5. The molecule has 0 aliphatic carbocycles. The maximum absolute atomic E-state index is 12.2. The number of anilines is 1. The lowest BCUT2D eigenvalue weighted by Crippen LogP contribution is -2.11. The molecular formula is C18H14N4O2. The highest BCUT2D eigenvalue weighted by molar-refractivity contribution is 6.03. The van der Waals surface area contributed by atoms with Crippen molar-refractivity contribution < 1.29 is 9.21 Å². The summed E-state index contributed by atoms with van der Waals surface area (Å²) in [4.78, 5) is 12.2. The van der Waals surface area contributed by atoms with E-state index in [0.717, 1.165) is 16.7 Å². The lowest BCUT2D eigenvalue weighted by Gasteiger charge is -2.02. The van der Waals surface area contributed by atoms with Crippen molar-refractivity contribution in [1.82, 2.24) is 10.2 Å². The van der Waals surface area contributed by atoms with Crippen LogP contribution < -0.4 is 5.32 Å². The Hall–Kier alpha value is -3.46. The van der Waals surface area contributed by atoms with Crippen molar-refractivity contribution >= 4 is 11.9 Å². The molecule has 0 fully saturated rings. The van der Waals surface area contributed by atoms with Gasteiger partial charge in [-0.3, -0.25) is 10.1 Å². The molecular weight excluding hydrogens is 304 g/mol. The predicted octanol–water partition coefficient (Wildman–Crippen LogP) is 3.48. The standard InChI is InChI=1S/C18H14N4O2/c1-11-3-4-12(2)15(9-11)17-21-22-18(24-17)20-16(23)14-7-5-13(10-19)6-8-14/h3-9H,1-2H3,(H,20,22,23). The molecule has 3 aromatic rings. The smallest absolute Gasteiger partial charge is 0.322 e. The van der Waals surface area contributed by atoms with Gasteiger partial charge in [0.05, 0.1) is 11.6 Å². The SMILES string of the molecule is Cc1ccc(C)c(-c2nnc(NC(=O)c3ccc(C#N)cc3)o2)c1. The van der Waals surface area contributed by atoms with Gasteiger partial charge in [-0.2, -0.15) is 5.26 Å². The van der Waals surface area contributed by atoms with Crippen LogP contribution in [-0.4, -0.2) is 16.1 Å². The Bertz CT molecular complexity index is 936. The van der Waals surface area contributed by atoms with Gasteiger partial charge in [-0.05, 0) is 49.7 Å². The van der Waals surface area contributed by atoms with Crippen LogP contribution in [0.2, 0.25) is 0 Å². The van der Waals surface area contributed by atoms with Crippen LogP contribution in [0.1, 0.15) is 27.0 Å². The summed E-state index contributed by atoms with van der Waals surface area (Å²) in [5.41, 5.74) is 3.81. The minimum Gasteiger partial charge on any atom is -0.403 e. The highest BCUT2D eigenvalue weighted by Crippen LogP contribution is 2.24. The van der Waals surface area contributed by atoms with E-state index in [4.69, 9.17) is 9.68 Å². The molecule has 0 saturated carbocycles. The van der Waals surface area contributed by atoms with Gasteiger partial charge in [-0.15, -0.1) is 5.10 Å². The minimum absolute atomic E-state index is 0.0280. The molecule has 3 rings (SSSR count). The first-order valence-electron chi connectivity index (χ1n) is 7.29. The molecule has 0 bridgehead atoms. The van der Waals surface area contributed by atoms with Crippen LogP contribution in [0, 0.1) is 25.2 Å². The Morgan fingerprint density at radius 3 is 2.58 bits per heavy atom. The molecule has 0 unspecified atom stereocenters. The zero-order chi connectivity index (χ0) is 17.1. The molecule has 24 heavy (non-hydrogen) atoms. The number of carbonyl (C=O) groups excluding carboxylic acids is 1. The quantitative estimate of drug-likeness (QED) is 0.798. The Labute approximate surface area is 138 Å². The maximum atomic E-state index is 12.2. The zero-order valence-corrected chi connectivity index (χ0v) is 13.2. The van der Waals surface area contributed by atoms with Crippen LogP contribution in [0.15, 0.2) is 46.9 Å². The third-order valence-electron chi connectivity index (χ3n) is 3.55. The normalized spacial score (nSPS) is 10.2. The molecule has 0 radical (unpaired) electrons. The van der Waals surface area contributed by atoms with Crippen LogP contribution in [0.5, 0.6) is 0 Å². The summed E-state index contributed by atoms with van der Waals surface area (Å²) in [6, 6.07) is 14.2. The molecule has 1 heterocycles. The second-order valence-electron chi connectivity index (χ2n) is 5.37. The van der Waals surface area contributed by atoms with Gasteiger partial charge in [0.1, 0.15) is 0 Å². The molecule has 0 aliphatic rings. The summed E-state index contributed by atoms with van der Waals surface area (Å²) in [5.74, 6) is -0.0259. The van der Waals surface area contributed by atoms with Gasteiger partial charge in [0.25, 0.3) is 5.91 Å². The van der Waals surface area contributed by atoms with E-state index in [2.05, 4.69) is 15.5 Å². The van der Waals surface area contributed by atoms with Crippen LogP contribution >= 0.6 is 0 Å². The van der Waals surface area contributed by atoms with Gasteiger partial charge in [0.2, 0.25) is 5.89 Å². The molecule has 6 nitrogen and oxygen atoms in total. The maximum Gasteiger partial charge on any atom is 0.322 e. The van der Waals surface area contributed by atoms with Crippen LogP contribution in [0.3, 0.4) is 0 Å². The highest BCUT2D eigenvalue weighted by atomic mass is 16.4. The first-order chi connectivity index (χ1) is 11.6. The van der Waals surface area contributed by atoms with Gasteiger partial charge in [0.15, 0.2) is 0 Å². The number of nitrogens with one attached hydrogen (secondary N) is 1. The first-order valence-corrected chi connectivity index (χ1v) is 7.29. The van der Waals surface area contributed by atoms with Crippen LogP contribution in [0.25, 0.3) is 11.5 Å². The van der Waals surface area contributed by atoms with E-state index in [0.29, 0.717) is 17.0 Å². The number of aryl methyl sites for hydroxylation is 2. The van der Waals surface area contributed by atoms with Crippen molar-refractivity contribution in [2.45, 2.75) is 13.8 Å². The van der Waals surface area contributed by atoms with E-state index >= 15 is 0 Å². The third-order valence-corrected chi connectivity index (χ3v) is 3.55. The predicted molar refractivity (Wildman–Crippen MR) is 88.3 cm³/mol. The molecule has 1 aromatic heterocycles. The number of nitrogens with zero attached hydrogens (tertiary/aromatic N) is 3. The molecule has 2 aromatic carbocycles. The van der Waals surface area contributed by atoms with Crippen molar-refractivity contribution in [2.75, 3.05) is 5.32 Å². The van der Waals surface area contributed by atoms with Crippen molar-refractivity contribution in [3.63, 3.8) is 0 Å². The minimum atomic E-state index is -0.379. The monoisotopic (exact) mass is 318 g/mol. The molecule has 0 saturated heterocycles. The summed E-state index contributed by atoms with van der Waals surface area (Å²) in [6.45, 7) is 3.93. The zero-order valence-electron chi connectivity index (χ0n) is 13.2. The van der Waals surface area contributed by atoms with E-state index in [9.17, 15) is 4.79 Å². The van der Waals surface area contributed by atoms with Gasteiger partial charge in [-0.1, -0.05) is 22.8 Å². The average Bonchev–Trinajstić information content (AvgIpc) is 3.05. The van der Waals surface area contributed by atoms with E-state index in [1.807, 2.05) is 38.1 Å². The molecule has 118 valence electrons. The molecule has 6 heteroatoms. The van der Waals surface area contributed by atoms with Crippen LogP contribution in [-0.2, 0) is 0 Å². The Morgan fingerprint density at radius 2 is 1.88 bits per heavy atom. The molecule has 1 amide bonds. The fraction of sp³-hybridized carbons (Fsp3) is 0.111. The lowest BCUT2D eigenvalue weighted by molar-refractivity contribution is 0.102. The summed E-state index contributed by atoms with van der Waals surface area (Å²) in [6.07, 6.45) is 0. The van der Waals surface area contributed by atoms with Gasteiger partial charge in [-0.25, -0.2) is 0 Å². The summed E-state index contributed by atoms with van der Waals surface area (Å²) in [5, 5.41) is 19.2. The number of amides is 1. The summed E-state index contributed by atoms with van der Waals surface area (Å²) >= 11 is 0. The third kappa shape index (κ3) is 3.15. The van der Waals surface area contributed by atoms with Crippen LogP contribution in [0.4, 0.5) is 6.01 Å². The Balaban J connectivity index is 1.79. The topological polar surface area (TPSA) is 91.8 Å². The fourth-order valence-corrected chi connectivity index (χ4v) is 2.21. The molecule has 0 atom stereocenters. The average molecular weight is 318 g/mol. The van der Waals surface area contributed by atoms with Gasteiger partial charge < -0.3 is 4.42 Å². The highest BCUT2D eigenvalue weighted by Gasteiger charge is 2.14. The second kappa shape index (κ2) is 6.34. The summed E-state index contributed by atoms with van der Waals surface area (Å²) in [7, 11) is 0. The van der Waals surface area contributed by atoms with Gasteiger partial charge >= 0.3 is 6.01 Å². The number of hydrogen-bond donors (Lipinski definition) is 1. The molecule has 1 N–H and O–H groups in total. The van der Waals surface area contributed by atoms with E-state index < -0.39 is 0 Å². The lowest BCUT2D eigenvalue weighted by atomic mass is 10.1. The number of aromatic nitrogens is 2. The largest absolute Gasteiger partial charge is 0.403 e. The van der Waals surface area contributed by atoms with E-state index in [-0.39, 0.29) is 11.9 Å². The van der Waals surface area contributed by atoms with E-state index in [1.165, 1.54) is 0 Å². The van der Waals surface area contributed by atoms with Gasteiger partial charge in [0, 0.05) is 11.1 Å². The number of benzene rings is 2. The Morgan fingerprint density at radius 1 is 1.12 bits per heavy atom. The van der Waals surface area contributed by atoms with Crippen molar-refractivity contribution in [2.24, 2.45) is 0 Å². The fourth-order valence-electron chi connectivity index (χ4n) is 2.21. The van der Waals surface area contributed by atoms with Crippen molar-refractivity contribution in [3.05, 3.63) is 64.7 Å². The summed E-state index contributed by atoms with van der Waals surface area (Å²) < 4.78 is 5.54. The van der Waals surface area contributed by atoms with Crippen molar-refractivity contribution in [1.29, 1.82) is 5.26 Å². The number of carbonyl (C=O) groups is 1. The molecule has 0 spiro atoms.